The minimum atomic E-state index is -0.635. The van der Waals surface area contributed by atoms with Crippen molar-refractivity contribution < 1.29 is 20.1 Å². The zero-order valence-corrected chi connectivity index (χ0v) is 11.0. The van der Waals surface area contributed by atoms with Crippen LogP contribution in [-0.4, -0.2) is 27.6 Å². The first kappa shape index (κ1) is 13.1. The number of hydrogen-bond acceptors (Lipinski definition) is 6. The van der Waals surface area contributed by atoms with E-state index in [1.165, 1.54) is 0 Å². The lowest BCUT2D eigenvalue weighted by atomic mass is 9.92. The minimum Gasteiger partial charge on any atom is -0.504 e. The van der Waals surface area contributed by atoms with Crippen molar-refractivity contribution in [2.45, 2.75) is 5.92 Å². The summed E-state index contributed by atoms with van der Waals surface area (Å²) in [4.78, 5) is 12.5. The fraction of sp³-hybridized carbons (Fsp3) is 0.133. The topological polar surface area (TPSA) is 116 Å². The molecule has 0 aliphatic carbocycles. The van der Waals surface area contributed by atoms with Crippen LogP contribution in [0.3, 0.4) is 0 Å². The van der Waals surface area contributed by atoms with Gasteiger partial charge in [0.05, 0.1) is 5.92 Å². The zero-order chi connectivity index (χ0) is 15.1. The van der Waals surface area contributed by atoms with E-state index in [9.17, 15) is 20.1 Å². The highest BCUT2D eigenvalue weighted by atomic mass is 16.3. The van der Waals surface area contributed by atoms with Gasteiger partial charge >= 0.3 is 0 Å². The van der Waals surface area contributed by atoms with E-state index in [1.54, 1.807) is 18.2 Å². The smallest absolute Gasteiger partial charge is 0.200 e. The van der Waals surface area contributed by atoms with E-state index in [0.717, 1.165) is 23.4 Å². The second kappa shape index (κ2) is 4.59. The van der Waals surface area contributed by atoms with Crippen LogP contribution in [0.4, 0.5) is 11.4 Å². The second-order valence-electron chi connectivity index (χ2n) is 5.01. The van der Waals surface area contributed by atoms with Gasteiger partial charge in [0.25, 0.3) is 0 Å². The van der Waals surface area contributed by atoms with Crippen LogP contribution in [0.15, 0.2) is 30.3 Å². The SMILES string of the molecule is Nc1ccc2c(c1)NCC2C(=O)c1cc(O)c(O)c(O)c1. The van der Waals surface area contributed by atoms with E-state index in [2.05, 4.69) is 5.32 Å². The van der Waals surface area contributed by atoms with Crippen molar-refractivity contribution in [1.82, 2.24) is 0 Å². The van der Waals surface area contributed by atoms with Crippen LogP contribution in [0.25, 0.3) is 0 Å². The monoisotopic (exact) mass is 286 g/mol. The Morgan fingerprint density at radius 2 is 1.81 bits per heavy atom. The number of nitrogen functional groups attached to an aromatic ring is 1. The number of carbonyl (C=O) groups is 1. The Kier molecular flexibility index (Phi) is 2.86. The van der Waals surface area contributed by atoms with Crippen LogP contribution in [0, 0.1) is 0 Å². The lowest BCUT2D eigenvalue weighted by Gasteiger charge is -2.11. The summed E-state index contributed by atoms with van der Waals surface area (Å²) in [5.41, 5.74) is 8.07. The van der Waals surface area contributed by atoms with Crippen molar-refractivity contribution in [2.75, 3.05) is 17.6 Å². The first-order valence-corrected chi connectivity index (χ1v) is 6.40. The van der Waals surface area contributed by atoms with Crippen molar-refractivity contribution in [3.8, 4) is 17.2 Å². The van der Waals surface area contributed by atoms with Crippen LogP contribution in [-0.2, 0) is 0 Å². The molecule has 0 spiro atoms. The Morgan fingerprint density at radius 1 is 1.14 bits per heavy atom. The highest BCUT2D eigenvalue weighted by Gasteiger charge is 2.30. The number of carbonyl (C=O) groups excluding carboxylic acids is 1. The summed E-state index contributed by atoms with van der Waals surface area (Å²) >= 11 is 0. The first-order chi connectivity index (χ1) is 9.97. The highest BCUT2D eigenvalue weighted by Crippen LogP contribution is 2.39. The summed E-state index contributed by atoms with van der Waals surface area (Å²) in [5, 5.41) is 31.5. The van der Waals surface area contributed by atoms with E-state index in [4.69, 9.17) is 5.73 Å². The number of nitrogens with one attached hydrogen (secondary N) is 1. The fourth-order valence-corrected chi connectivity index (χ4v) is 2.53. The van der Waals surface area contributed by atoms with E-state index in [0.29, 0.717) is 12.2 Å². The van der Waals surface area contributed by atoms with E-state index < -0.39 is 23.2 Å². The Balaban J connectivity index is 1.98. The predicted molar refractivity (Wildman–Crippen MR) is 77.9 cm³/mol. The number of rotatable bonds is 2. The number of fused-ring (bicyclic) bond motifs is 1. The zero-order valence-electron chi connectivity index (χ0n) is 11.0. The van der Waals surface area contributed by atoms with E-state index in [1.807, 2.05) is 0 Å². The van der Waals surface area contributed by atoms with Crippen LogP contribution < -0.4 is 11.1 Å². The number of Topliss-reactive ketones (excluding diaryl/α,β-unsaturated/α-hetero) is 1. The van der Waals surface area contributed by atoms with Gasteiger partial charge in [-0.2, -0.15) is 0 Å². The van der Waals surface area contributed by atoms with Crippen molar-refractivity contribution in [2.24, 2.45) is 0 Å². The number of nitrogens with two attached hydrogens (primary N) is 1. The molecule has 0 radical (unpaired) electrons. The molecule has 1 aliphatic heterocycles. The average Bonchev–Trinajstić information content (AvgIpc) is 2.86. The third kappa shape index (κ3) is 2.10. The number of phenols is 3. The lowest BCUT2D eigenvalue weighted by Crippen LogP contribution is -2.14. The molecule has 6 nitrogen and oxygen atoms in total. The number of anilines is 2. The van der Waals surface area contributed by atoms with Crippen molar-refractivity contribution in [3.05, 3.63) is 41.5 Å². The number of ketones is 1. The number of aromatic hydroxyl groups is 3. The third-order valence-electron chi connectivity index (χ3n) is 3.62. The van der Waals surface area contributed by atoms with Gasteiger partial charge in [-0.1, -0.05) is 6.07 Å². The average molecular weight is 286 g/mol. The van der Waals surface area contributed by atoms with Crippen molar-refractivity contribution in [1.29, 1.82) is 0 Å². The summed E-state index contributed by atoms with van der Waals surface area (Å²) in [7, 11) is 0. The largest absolute Gasteiger partial charge is 0.504 e. The minimum absolute atomic E-state index is 0.138. The second-order valence-corrected chi connectivity index (χ2v) is 5.01. The molecular formula is C15H14N2O4. The van der Waals surface area contributed by atoms with Crippen LogP contribution in [0.1, 0.15) is 21.8 Å². The Morgan fingerprint density at radius 3 is 2.48 bits per heavy atom. The maximum Gasteiger partial charge on any atom is 0.200 e. The van der Waals surface area contributed by atoms with Gasteiger partial charge in [0.1, 0.15) is 0 Å². The van der Waals surface area contributed by atoms with Crippen LogP contribution in [0.2, 0.25) is 0 Å². The summed E-state index contributed by atoms with van der Waals surface area (Å²) in [6, 6.07) is 7.55. The van der Waals surface area contributed by atoms with Gasteiger partial charge < -0.3 is 26.4 Å². The summed E-state index contributed by atoms with van der Waals surface area (Å²) < 4.78 is 0. The normalized spacial score (nSPS) is 16.3. The molecule has 0 bridgehead atoms. The van der Waals surface area contributed by atoms with Crippen molar-refractivity contribution in [3.63, 3.8) is 0 Å². The van der Waals surface area contributed by atoms with E-state index >= 15 is 0 Å². The highest BCUT2D eigenvalue weighted by molar-refractivity contribution is 6.04. The van der Waals surface area contributed by atoms with Crippen LogP contribution >= 0.6 is 0 Å². The van der Waals surface area contributed by atoms with E-state index in [-0.39, 0.29) is 11.3 Å². The Labute approximate surface area is 120 Å². The van der Waals surface area contributed by atoms with Gasteiger partial charge in [0, 0.05) is 23.5 Å². The van der Waals surface area contributed by atoms with Gasteiger partial charge in [-0.15, -0.1) is 0 Å². The molecule has 1 aliphatic rings. The van der Waals surface area contributed by atoms with Gasteiger partial charge in [0.15, 0.2) is 23.0 Å². The number of hydrogen-bond donors (Lipinski definition) is 5. The summed E-state index contributed by atoms with van der Waals surface area (Å²) in [6.07, 6.45) is 0. The maximum absolute atomic E-state index is 12.5. The molecule has 1 unspecified atom stereocenters. The fourth-order valence-electron chi connectivity index (χ4n) is 2.53. The molecule has 21 heavy (non-hydrogen) atoms. The van der Waals surface area contributed by atoms with Gasteiger partial charge in [-0.05, 0) is 29.8 Å². The molecule has 0 aromatic heterocycles. The maximum atomic E-state index is 12.5. The lowest BCUT2D eigenvalue weighted by molar-refractivity contribution is 0.0965. The quantitative estimate of drug-likeness (QED) is 0.326. The predicted octanol–water partition coefficient (Wildman–Crippen LogP) is 1.78. The molecular weight excluding hydrogens is 272 g/mol. The van der Waals surface area contributed by atoms with Gasteiger partial charge in [0.2, 0.25) is 0 Å². The first-order valence-electron chi connectivity index (χ1n) is 6.40. The molecule has 0 amide bonds. The molecule has 6 N–H and O–H groups in total. The molecule has 1 heterocycles. The van der Waals surface area contributed by atoms with Gasteiger partial charge in [-0.25, -0.2) is 0 Å². The Hall–Kier alpha value is -2.89. The molecule has 2 aromatic carbocycles. The summed E-state index contributed by atoms with van der Waals surface area (Å²) in [5.74, 6) is -2.37. The van der Waals surface area contributed by atoms with Crippen molar-refractivity contribution >= 4 is 17.2 Å². The molecule has 0 saturated carbocycles. The third-order valence-corrected chi connectivity index (χ3v) is 3.62. The summed E-state index contributed by atoms with van der Waals surface area (Å²) in [6.45, 7) is 0.417. The molecule has 2 aromatic rings. The molecule has 3 rings (SSSR count). The molecule has 0 fully saturated rings. The van der Waals surface area contributed by atoms with Crippen LogP contribution in [0.5, 0.6) is 17.2 Å². The number of benzene rings is 2. The molecule has 1 atom stereocenters. The standard InChI is InChI=1S/C15H14N2O4/c16-8-1-2-9-10(6-17-11(9)5-8)14(20)7-3-12(18)15(21)13(19)4-7/h1-5,10,17-19,21H,6,16H2. The molecule has 108 valence electrons. The molecule has 0 saturated heterocycles. The van der Waals surface area contributed by atoms with Gasteiger partial charge in [-0.3, -0.25) is 4.79 Å². The molecule has 6 heteroatoms. The number of phenolic OH excluding ortho intramolecular Hbond substituents is 3. The Bertz CT molecular complexity index is 719.